The summed E-state index contributed by atoms with van der Waals surface area (Å²) in [6.45, 7) is 0. The van der Waals surface area contributed by atoms with E-state index in [4.69, 9.17) is 21.6 Å². The molecule has 0 saturated heterocycles. The Labute approximate surface area is 126 Å². The lowest BCUT2D eigenvalue weighted by molar-refractivity contribution is 0.399. The number of imidazole rings is 1. The summed E-state index contributed by atoms with van der Waals surface area (Å²) in [4.78, 5) is 8.91. The summed E-state index contributed by atoms with van der Waals surface area (Å²) < 4.78 is 7.03. The van der Waals surface area contributed by atoms with Crippen LogP contribution in [0, 0.1) is 11.3 Å². The second-order valence-corrected chi connectivity index (χ2v) is 4.62. The first-order valence-electron chi connectivity index (χ1n) is 6.25. The number of rotatable bonds is 3. The van der Waals surface area contributed by atoms with Crippen molar-refractivity contribution in [1.29, 1.82) is 5.26 Å². The highest BCUT2D eigenvalue weighted by Gasteiger charge is 2.13. The molecule has 3 aromatic rings. The van der Waals surface area contributed by atoms with E-state index >= 15 is 0 Å². The van der Waals surface area contributed by atoms with E-state index in [9.17, 15) is 0 Å². The zero-order valence-electron chi connectivity index (χ0n) is 11.2. The second kappa shape index (κ2) is 5.43. The lowest BCUT2D eigenvalue weighted by Crippen LogP contribution is -2.00. The van der Waals surface area contributed by atoms with Crippen molar-refractivity contribution in [3.8, 4) is 17.6 Å². The molecule has 21 heavy (non-hydrogen) atoms. The van der Waals surface area contributed by atoms with Crippen molar-refractivity contribution in [3.05, 3.63) is 47.8 Å². The lowest BCUT2D eigenvalue weighted by Gasteiger charge is -2.07. The molecule has 3 rings (SSSR count). The van der Waals surface area contributed by atoms with Gasteiger partial charge in [0.05, 0.1) is 24.6 Å². The first kappa shape index (κ1) is 13.4. The van der Waals surface area contributed by atoms with Gasteiger partial charge in [0.2, 0.25) is 5.88 Å². The molecular weight excluding hydrogens is 288 g/mol. The zero-order valence-corrected chi connectivity index (χ0v) is 12.0. The van der Waals surface area contributed by atoms with Crippen LogP contribution in [-0.2, 0) is 5.88 Å². The highest BCUT2D eigenvalue weighted by atomic mass is 35.5. The third-order valence-corrected chi connectivity index (χ3v) is 3.37. The number of hydrogen-bond acceptors (Lipinski definition) is 4. The number of fused-ring (bicyclic) bond motifs is 1. The minimum atomic E-state index is 0.263. The first-order valence-corrected chi connectivity index (χ1v) is 6.79. The van der Waals surface area contributed by atoms with E-state index in [1.165, 1.54) is 0 Å². The zero-order chi connectivity index (χ0) is 14.8. The molecule has 0 spiro atoms. The summed E-state index contributed by atoms with van der Waals surface area (Å²) >= 11 is 5.99. The van der Waals surface area contributed by atoms with Gasteiger partial charge in [-0.25, -0.2) is 4.98 Å². The third-order valence-electron chi connectivity index (χ3n) is 3.13. The second-order valence-electron chi connectivity index (χ2n) is 4.35. The quantitative estimate of drug-likeness (QED) is 0.697. The molecule has 0 amide bonds. The Morgan fingerprint density at radius 3 is 2.57 bits per heavy atom. The summed E-state index contributed by atoms with van der Waals surface area (Å²) in [7, 11) is 1.57. The molecule has 0 atom stereocenters. The average Bonchev–Trinajstić information content (AvgIpc) is 2.92. The molecule has 0 N–H and O–H groups in total. The van der Waals surface area contributed by atoms with Crippen LogP contribution in [0.1, 0.15) is 11.4 Å². The number of aromatic nitrogens is 3. The number of methoxy groups -OCH3 is 1. The van der Waals surface area contributed by atoms with Crippen molar-refractivity contribution in [2.45, 2.75) is 5.88 Å². The molecule has 0 saturated carbocycles. The number of nitrogens with zero attached hydrogens (tertiary/aromatic N) is 4. The molecule has 2 heterocycles. The molecule has 0 bridgehead atoms. The minimum absolute atomic E-state index is 0.263. The van der Waals surface area contributed by atoms with Gasteiger partial charge >= 0.3 is 0 Å². The first-order chi connectivity index (χ1) is 10.3. The standard InChI is InChI=1S/C15H11ClN4O/c1-21-14-7-6-12-15(19-14)20(13(8-16)18-12)11-4-2-10(9-17)3-5-11/h2-7H,8H2,1H3. The Morgan fingerprint density at radius 1 is 1.19 bits per heavy atom. The van der Waals surface area contributed by atoms with Gasteiger partial charge in [-0.1, -0.05) is 0 Å². The van der Waals surface area contributed by atoms with Crippen LogP contribution in [0.2, 0.25) is 0 Å². The average molecular weight is 299 g/mol. The molecule has 0 aliphatic rings. The van der Waals surface area contributed by atoms with Gasteiger partial charge in [-0.2, -0.15) is 10.2 Å². The van der Waals surface area contributed by atoms with Crippen LogP contribution in [0.25, 0.3) is 16.9 Å². The van der Waals surface area contributed by atoms with Crippen LogP contribution in [0.5, 0.6) is 5.88 Å². The Bertz CT molecular complexity index is 833. The van der Waals surface area contributed by atoms with Crippen LogP contribution in [0.15, 0.2) is 36.4 Å². The normalized spacial score (nSPS) is 10.5. The monoisotopic (exact) mass is 298 g/mol. The molecule has 6 heteroatoms. The SMILES string of the molecule is COc1ccc2nc(CCl)n(-c3ccc(C#N)cc3)c2n1. The van der Waals surface area contributed by atoms with Crippen molar-refractivity contribution in [2.75, 3.05) is 7.11 Å². The van der Waals surface area contributed by atoms with Gasteiger partial charge in [-0.05, 0) is 30.3 Å². The maximum atomic E-state index is 8.88. The Balaban J connectivity index is 2.25. The molecule has 0 fully saturated rings. The molecule has 0 radical (unpaired) electrons. The highest BCUT2D eigenvalue weighted by Crippen LogP contribution is 2.23. The number of ether oxygens (including phenoxy) is 1. The number of hydrogen-bond donors (Lipinski definition) is 0. The van der Waals surface area contributed by atoms with Crippen LogP contribution in [0.4, 0.5) is 0 Å². The maximum Gasteiger partial charge on any atom is 0.215 e. The smallest absolute Gasteiger partial charge is 0.215 e. The van der Waals surface area contributed by atoms with Gasteiger partial charge in [0, 0.05) is 11.8 Å². The van der Waals surface area contributed by atoms with E-state index in [2.05, 4.69) is 16.0 Å². The maximum absolute atomic E-state index is 8.88. The molecule has 5 nitrogen and oxygen atoms in total. The molecule has 104 valence electrons. The fourth-order valence-corrected chi connectivity index (χ4v) is 2.33. The molecule has 0 unspecified atom stereocenters. The van der Waals surface area contributed by atoms with Crippen molar-refractivity contribution in [1.82, 2.24) is 14.5 Å². The highest BCUT2D eigenvalue weighted by molar-refractivity contribution is 6.16. The minimum Gasteiger partial charge on any atom is -0.481 e. The van der Waals surface area contributed by atoms with Crippen LogP contribution in [-0.4, -0.2) is 21.6 Å². The van der Waals surface area contributed by atoms with E-state index < -0.39 is 0 Å². The summed E-state index contributed by atoms with van der Waals surface area (Å²) in [6.07, 6.45) is 0. The van der Waals surface area contributed by atoms with Crippen molar-refractivity contribution in [2.24, 2.45) is 0 Å². The third kappa shape index (κ3) is 2.30. The fraction of sp³-hybridized carbons (Fsp3) is 0.133. The van der Waals surface area contributed by atoms with Gasteiger partial charge in [0.15, 0.2) is 5.65 Å². The van der Waals surface area contributed by atoms with E-state index in [1.54, 1.807) is 25.3 Å². The number of benzene rings is 1. The van der Waals surface area contributed by atoms with E-state index in [0.717, 1.165) is 11.2 Å². The predicted molar refractivity (Wildman–Crippen MR) is 79.7 cm³/mol. The van der Waals surface area contributed by atoms with E-state index in [1.807, 2.05) is 22.8 Å². The van der Waals surface area contributed by atoms with E-state index in [-0.39, 0.29) is 5.88 Å². The molecule has 2 aromatic heterocycles. The number of alkyl halides is 1. The van der Waals surface area contributed by atoms with Gasteiger partial charge in [-0.3, -0.25) is 4.57 Å². The Hall–Kier alpha value is -2.58. The topological polar surface area (TPSA) is 63.7 Å². The molecule has 1 aromatic carbocycles. The summed E-state index contributed by atoms with van der Waals surface area (Å²) in [5.41, 5.74) is 2.87. The predicted octanol–water partition coefficient (Wildman–Crippen LogP) is 3.04. The van der Waals surface area contributed by atoms with Crippen molar-refractivity contribution >= 4 is 22.8 Å². The van der Waals surface area contributed by atoms with Crippen LogP contribution < -0.4 is 4.74 Å². The molecular formula is C15H11ClN4O. The number of pyridine rings is 1. The largest absolute Gasteiger partial charge is 0.481 e. The fourth-order valence-electron chi connectivity index (χ4n) is 2.15. The van der Waals surface area contributed by atoms with Gasteiger partial charge in [-0.15, -0.1) is 11.6 Å². The summed E-state index contributed by atoms with van der Waals surface area (Å²) in [5.74, 6) is 1.47. The Morgan fingerprint density at radius 2 is 1.95 bits per heavy atom. The molecule has 0 aliphatic carbocycles. The van der Waals surface area contributed by atoms with Crippen molar-refractivity contribution in [3.63, 3.8) is 0 Å². The number of nitriles is 1. The van der Waals surface area contributed by atoms with Crippen LogP contribution >= 0.6 is 11.6 Å². The van der Waals surface area contributed by atoms with Gasteiger partial charge < -0.3 is 4.74 Å². The number of halogens is 1. The van der Waals surface area contributed by atoms with Gasteiger partial charge in [0.1, 0.15) is 11.3 Å². The lowest BCUT2D eigenvalue weighted by atomic mass is 10.2. The van der Waals surface area contributed by atoms with E-state index in [0.29, 0.717) is 22.9 Å². The molecule has 0 aliphatic heterocycles. The Kier molecular flexibility index (Phi) is 3.46. The van der Waals surface area contributed by atoms with Crippen LogP contribution in [0.3, 0.4) is 0 Å². The van der Waals surface area contributed by atoms with Gasteiger partial charge in [0.25, 0.3) is 0 Å². The summed E-state index contributed by atoms with van der Waals surface area (Å²) in [6, 6.07) is 12.9. The summed E-state index contributed by atoms with van der Waals surface area (Å²) in [5, 5.41) is 8.88. The van der Waals surface area contributed by atoms with Crippen molar-refractivity contribution < 1.29 is 4.74 Å².